The van der Waals surface area contributed by atoms with E-state index in [9.17, 15) is 0 Å². The maximum atomic E-state index is 3.62. The second-order valence-electron chi connectivity index (χ2n) is 6.93. The van der Waals surface area contributed by atoms with Gasteiger partial charge in [-0.05, 0) is 51.0 Å². The minimum Gasteiger partial charge on any atom is -0.314 e. The first-order valence-corrected chi connectivity index (χ1v) is 7.51. The SMILES string of the molecule is CCNC1CCN(C2CCC(C)(C)C2)C(C)C1. The molecule has 0 aromatic rings. The summed E-state index contributed by atoms with van der Waals surface area (Å²) in [5.41, 5.74) is 0.586. The van der Waals surface area contributed by atoms with Crippen LogP contribution in [-0.2, 0) is 0 Å². The van der Waals surface area contributed by atoms with E-state index in [1.165, 1.54) is 38.6 Å². The van der Waals surface area contributed by atoms with Crippen molar-refractivity contribution in [2.45, 2.75) is 77.9 Å². The Morgan fingerprint density at radius 2 is 2.06 bits per heavy atom. The fourth-order valence-corrected chi connectivity index (χ4v) is 3.89. The Balaban J connectivity index is 1.87. The Morgan fingerprint density at radius 3 is 2.59 bits per heavy atom. The summed E-state index contributed by atoms with van der Waals surface area (Å²) < 4.78 is 0. The van der Waals surface area contributed by atoms with Crippen molar-refractivity contribution < 1.29 is 0 Å². The van der Waals surface area contributed by atoms with Gasteiger partial charge in [0.2, 0.25) is 0 Å². The lowest BCUT2D eigenvalue weighted by Gasteiger charge is -2.42. The molecule has 1 heterocycles. The lowest BCUT2D eigenvalue weighted by atomic mass is 9.90. The highest BCUT2D eigenvalue weighted by Gasteiger charge is 2.37. The van der Waals surface area contributed by atoms with Crippen LogP contribution in [0.4, 0.5) is 0 Å². The van der Waals surface area contributed by atoms with Crippen LogP contribution >= 0.6 is 0 Å². The van der Waals surface area contributed by atoms with E-state index in [0.29, 0.717) is 5.41 Å². The summed E-state index contributed by atoms with van der Waals surface area (Å²) >= 11 is 0. The average molecular weight is 238 g/mol. The van der Waals surface area contributed by atoms with Gasteiger partial charge in [-0.3, -0.25) is 4.90 Å². The fraction of sp³-hybridized carbons (Fsp3) is 1.00. The molecule has 0 aromatic heterocycles. The first-order chi connectivity index (χ1) is 8.02. The van der Waals surface area contributed by atoms with Crippen LogP contribution in [0.1, 0.15) is 59.8 Å². The van der Waals surface area contributed by atoms with Gasteiger partial charge in [0.25, 0.3) is 0 Å². The Hall–Kier alpha value is -0.0800. The molecule has 2 nitrogen and oxygen atoms in total. The van der Waals surface area contributed by atoms with Crippen LogP contribution in [0.2, 0.25) is 0 Å². The molecule has 1 aliphatic carbocycles. The smallest absolute Gasteiger partial charge is 0.0103 e. The van der Waals surface area contributed by atoms with Crippen molar-refractivity contribution in [2.24, 2.45) is 5.41 Å². The number of rotatable bonds is 3. The van der Waals surface area contributed by atoms with E-state index in [-0.39, 0.29) is 0 Å². The van der Waals surface area contributed by atoms with E-state index in [1.807, 2.05) is 0 Å². The molecular formula is C15H30N2. The molecule has 3 atom stereocenters. The number of likely N-dealkylation sites (tertiary alicyclic amines) is 1. The van der Waals surface area contributed by atoms with Crippen molar-refractivity contribution in [2.75, 3.05) is 13.1 Å². The molecule has 1 aliphatic heterocycles. The molecule has 1 saturated heterocycles. The third kappa shape index (κ3) is 3.23. The maximum Gasteiger partial charge on any atom is 0.0103 e. The summed E-state index contributed by atoms with van der Waals surface area (Å²) in [6, 6.07) is 2.40. The first-order valence-electron chi connectivity index (χ1n) is 7.51. The third-order valence-corrected chi connectivity index (χ3v) is 4.83. The number of hydrogen-bond acceptors (Lipinski definition) is 2. The molecule has 3 unspecified atom stereocenters. The maximum absolute atomic E-state index is 3.62. The van der Waals surface area contributed by atoms with Gasteiger partial charge in [0.05, 0.1) is 0 Å². The zero-order valence-corrected chi connectivity index (χ0v) is 12.1. The second kappa shape index (κ2) is 5.27. The van der Waals surface area contributed by atoms with E-state index in [4.69, 9.17) is 0 Å². The predicted octanol–water partition coefficient (Wildman–Crippen LogP) is 3.03. The summed E-state index contributed by atoms with van der Waals surface area (Å²) in [7, 11) is 0. The normalized spacial score (nSPS) is 38.5. The summed E-state index contributed by atoms with van der Waals surface area (Å²) in [4.78, 5) is 2.79. The molecule has 0 spiro atoms. The van der Waals surface area contributed by atoms with E-state index >= 15 is 0 Å². The van der Waals surface area contributed by atoms with E-state index < -0.39 is 0 Å². The molecule has 0 radical (unpaired) electrons. The quantitative estimate of drug-likeness (QED) is 0.813. The average Bonchev–Trinajstić information content (AvgIpc) is 2.59. The minimum atomic E-state index is 0.586. The monoisotopic (exact) mass is 238 g/mol. The van der Waals surface area contributed by atoms with Gasteiger partial charge >= 0.3 is 0 Å². The van der Waals surface area contributed by atoms with Crippen molar-refractivity contribution >= 4 is 0 Å². The zero-order valence-electron chi connectivity index (χ0n) is 12.1. The highest BCUT2D eigenvalue weighted by Crippen LogP contribution is 2.40. The largest absolute Gasteiger partial charge is 0.314 e. The molecule has 100 valence electrons. The van der Waals surface area contributed by atoms with Gasteiger partial charge in [0.1, 0.15) is 0 Å². The van der Waals surface area contributed by atoms with Gasteiger partial charge in [-0.15, -0.1) is 0 Å². The Kier molecular flexibility index (Phi) is 4.14. The summed E-state index contributed by atoms with van der Waals surface area (Å²) in [6.07, 6.45) is 6.92. The minimum absolute atomic E-state index is 0.586. The lowest BCUT2D eigenvalue weighted by molar-refractivity contribution is 0.0854. The van der Waals surface area contributed by atoms with E-state index in [2.05, 4.69) is 37.9 Å². The molecule has 17 heavy (non-hydrogen) atoms. The highest BCUT2D eigenvalue weighted by molar-refractivity contribution is 4.93. The number of nitrogens with zero attached hydrogens (tertiary/aromatic N) is 1. The van der Waals surface area contributed by atoms with Gasteiger partial charge in [0.15, 0.2) is 0 Å². The van der Waals surface area contributed by atoms with Crippen LogP contribution in [0, 0.1) is 5.41 Å². The van der Waals surface area contributed by atoms with Gasteiger partial charge < -0.3 is 5.32 Å². The zero-order chi connectivity index (χ0) is 12.5. The molecule has 2 aliphatic rings. The van der Waals surface area contributed by atoms with Crippen LogP contribution in [0.15, 0.2) is 0 Å². The first kappa shape index (κ1) is 13.4. The van der Waals surface area contributed by atoms with Crippen molar-refractivity contribution in [1.29, 1.82) is 0 Å². The standard InChI is InChI=1S/C15H30N2/c1-5-16-13-7-9-17(12(2)10-13)14-6-8-15(3,4)11-14/h12-14,16H,5-11H2,1-4H3. The lowest BCUT2D eigenvalue weighted by Crippen LogP contribution is -2.50. The molecule has 2 rings (SSSR count). The molecule has 0 amide bonds. The van der Waals surface area contributed by atoms with Crippen LogP contribution in [0.3, 0.4) is 0 Å². The van der Waals surface area contributed by atoms with Crippen LogP contribution in [0.25, 0.3) is 0 Å². The topological polar surface area (TPSA) is 15.3 Å². The second-order valence-corrected chi connectivity index (χ2v) is 6.93. The molecular weight excluding hydrogens is 208 g/mol. The Labute approximate surface area is 107 Å². The summed E-state index contributed by atoms with van der Waals surface area (Å²) in [5.74, 6) is 0. The van der Waals surface area contributed by atoms with E-state index in [1.54, 1.807) is 0 Å². The summed E-state index contributed by atoms with van der Waals surface area (Å²) in [5, 5.41) is 3.62. The predicted molar refractivity (Wildman–Crippen MR) is 74.3 cm³/mol. The molecule has 0 aromatic carbocycles. The molecule has 1 saturated carbocycles. The van der Waals surface area contributed by atoms with Crippen LogP contribution in [-0.4, -0.2) is 36.1 Å². The number of hydrogen-bond donors (Lipinski definition) is 1. The number of nitrogens with one attached hydrogen (secondary N) is 1. The molecule has 0 bridgehead atoms. The van der Waals surface area contributed by atoms with Crippen molar-refractivity contribution in [3.05, 3.63) is 0 Å². The third-order valence-electron chi connectivity index (χ3n) is 4.83. The van der Waals surface area contributed by atoms with Gasteiger partial charge in [0, 0.05) is 24.7 Å². The number of piperidine rings is 1. The summed E-state index contributed by atoms with van der Waals surface area (Å²) in [6.45, 7) is 11.9. The Morgan fingerprint density at radius 1 is 1.29 bits per heavy atom. The van der Waals surface area contributed by atoms with Crippen molar-refractivity contribution in [1.82, 2.24) is 10.2 Å². The molecule has 2 fully saturated rings. The van der Waals surface area contributed by atoms with Gasteiger partial charge in [-0.2, -0.15) is 0 Å². The molecule has 2 heteroatoms. The van der Waals surface area contributed by atoms with Crippen LogP contribution < -0.4 is 5.32 Å². The van der Waals surface area contributed by atoms with Gasteiger partial charge in [-0.25, -0.2) is 0 Å². The van der Waals surface area contributed by atoms with Crippen molar-refractivity contribution in [3.8, 4) is 0 Å². The van der Waals surface area contributed by atoms with E-state index in [0.717, 1.165) is 24.7 Å². The highest BCUT2D eigenvalue weighted by atomic mass is 15.2. The Bertz CT molecular complexity index is 249. The molecule has 1 N–H and O–H groups in total. The van der Waals surface area contributed by atoms with Crippen LogP contribution in [0.5, 0.6) is 0 Å². The fourth-order valence-electron chi connectivity index (χ4n) is 3.89. The van der Waals surface area contributed by atoms with Crippen molar-refractivity contribution in [3.63, 3.8) is 0 Å². The van der Waals surface area contributed by atoms with Gasteiger partial charge in [-0.1, -0.05) is 20.8 Å².